The lowest BCUT2D eigenvalue weighted by molar-refractivity contribution is 0.0939. The van der Waals surface area contributed by atoms with E-state index < -0.39 is 0 Å². The molecule has 3 heterocycles. The topological polar surface area (TPSA) is 64.2 Å². The molecule has 0 aliphatic rings. The number of nitrogens with one attached hydrogen (secondary N) is 1. The van der Waals surface area contributed by atoms with Crippen molar-refractivity contribution in [3.63, 3.8) is 0 Å². The highest BCUT2D eigenvalue weighted by Crippen LogP contribution is 2.17. The van der Waals surface area contributed by atoms with Crippen molar-refractivity contribution in [2.24, 2.45) is 0 Å². The fourth-order valence-electron chi connectivity index (χ4n) is 2.70. The van der Waals surface area contributed by atoms with Gasteiger partial charge in [-0.15, -0.1) is 11.3 Å². The number of hydrogen-bond acceptors (Lipinski definition) is 4. The van der Waals surface area contributed by atoms with Gasteiger partial charge in [0, 0.05) is 35.7 Å². The van der Waals surface area contributed by atoms with E-state index in [1.54, 1.807) is 17.5 Å². The Bertz CT molecular complexity index is 973. The maximum atomic E-state index is 12.6. The van der Waals surface area contributed by atoms with Gasteiger partial charge in [-0.2, -0.15) is 5.10 Å². The molecule has 7 heteroatoms. The minimum absolute atomic E-state index is 0.105. The van der Waals surface area contributed by atoms with Gasteiger partial charge in [-0.05, 0) is 30.7 Å². The van der Waals surface area contributed by atoms with Crippen LogP contribution in [0.4, 0.5) is 0 Å². The number of amides is 1. The zero-order valence-electron chi connectivity index (χ0n) is 13.7. The fraction of sp³-hybridized carbons (Fsp3) is 0.167. The van der Waals surface area contributed by atoms with Crippen molar-refractivity contribution < 1.29 is 4.79 Å². The number of carbonyl (C=O) groups excluding carboxylic acids is 1. The average Bonchev–Trinajstić information content (AvgIpc) is 3.32. The number of nitrogens with zero attached hydrogens (tertiary/aromatic N) is 4. The van der Waals surface area contributed by atoms with Crippen LogP contribution in [0.3, 0.4) is 0 Å². The highest BCUT2D eigenvalue weighted by Gasteiger charge is 2.15. The summed E-state index contributed by atoms with van der Waals surface area (Å²) in [5.41, 5.74) is 2.52. The van der Waals surface area contributed by atoms with Gasteiger partial charge < -0.3 is 5.32 Å². The van der Waals surface area contributed by atoms with Crippen LogP contribution in [-0.4, -0.2) is 25.1 Å². The van der Waals surface area contributed by atoms with E-state index in [2.05, 4.69) is 15.4 Å². The summed E-state index contributed by atoms with van der Waals surface area (Å²) in [5.74, 6) is -0.105. The first-order chi connectivity index (χ1) is 12.2. The predicted molar refractivity (Wildman–Crippen MR) is 96.7 cm³/mol. The van der Waals surface area contributed by atoms with E-state index in [0.717, 1.165) is 16.2 Å². The molecule has 0 aliphatic heterocycles. The van der Waals surface area contributed by atoms with Gasteiger partial charge in [0.15, 0.2) is 4.96 Å². The molecule has 0 fully saturated rings. The molecule has 0 bridgehead atoms. The maximum Gasteiger partial charge on any atom is 0.251 e. The van der Waals surface area contributed by atoms with Crippen molar-refractivity contribution >= 4 is 22.2 Å². The molecule has 4 aromatic rings. The molecule has 1 amide bonds. The number of benzene rings is 1. The van der Waals surface area contributed by atoms with E-state index in [9.17, 15) is 4.79 Å². The van der Waals surface area contributed by atoms with E-state index in [4.69, 9.17) is 0 Å². The molecule has 126 valence electrons. The first-order valence-electron chi connectivity index (χ1n) is 7.98. The van der Waals surface area contributed by atoms with E-state index >= 15 is 0 Å². The summed E-state index contributed by atoms with van der Waals surface area (Å²) in [6, 6.07) is 9.33. The molecule has 1 aromatic carbocycles. The van der Waals surface area contributed by atoms with E-state index in [-0.39, 0.29) is 11.9 Å². The van der Waals surface area contributed by atoms with Gasteiger partial charge in [-0.25, -0.2) is 4.98 Å². The standard InChI is InChI=1S/C18H17N5OS/c1-13(16-12-22-8-9-25-18(22)21-16)20-17(24)15-5-2-4-14(10-15)11-23-7-3-6-19-23/h2-10,12-13H,11H2,1H3,(H,20,24). The quantitative estimate of drug-likeness (QED) is 0.601. The second-order valence-electron chi connectivity index (χ2n) is 5.86. The molecule has 0 aliphatic carbocycles. The van der Waals surface area contributed by atoms with E-state index in [1.165, 1.54) is 0 Å². The lowest BCUT2D eigenvalue weighted by Gasteiger charge is -2.12. The third-order valence-electron chi connectivity index (χ3n) is 4.00. The van der Waals surface area contributed by atoms with Gasteiger partial charge in [0.05, 0.1) is 18.3 Å². The van der Waals surface area contributed by atoms with Gasteiger partial charge >= 0.3 is 0 Å². The Morgan fingerprint density at radius 3 is 3.04 bits per heavy atom. The summed E-state index contributed by atoms with van der Waals surface area (Å²) in [4.78, 5) is 18.0. The second-order valence-corrected chi connectivity index (χ2v) is 6.73. The molecule has 4 rings (SSSR count). The first-order valence-corrected chi connectivity index (χ1v) is 8.86. The Labute approximate surface area is 148 Å². The summed E-state index contributed by atoms with van der Waals surface area (Å²) in [6.07, 6.45) is 7.56. The minimum atomic E-state index is -0.158. The Balaban J connectivity index is 1.47. The van der Waals surface area contributed by atoms with Crippen LogP contribution in [0.15, 0.2) is 60.5 Å². The molecule has 25 heavy (non-hydrogen) atoms. The molecule has 0 radical (unpaired) electrons. The van der Waals surface area contributed by atoms with Crippen molar-refractivity contribution in [1.29, 1.82) is 0 Å². The summed E-state index contributed by atoms with van der Waals surface area (Å²) in [5, 5.41) is 9.20. The van der Waals surface area contributed by atoms with Crippen molar-refractivity contribution in [1.82, 2.24) is 24.5 Å². The molecular formula is C18H17N5OS. The largest absolute Gasteiger partial charge is 0.344 e. The van der Waals surface area contributed by atoms with Crippen LogP contribution in [0.5, 0.6) is 0 Å². The number of thiazole rings is 1. The van der Waals surface area contributed by atoms with Crippen LogP contribution in [-0.2, 0) is 6.54 Å². The second kappa shape index (κ2) is 6.52. The van der Waals surface area contributed by atoms with Crippen molar-refractivity contribution in [3.8, 4) is 0 Å². The fourth-order valence-corrected chi connectivity index (χ4v) is 3.41. The third-order valence-corrected chi connectivity index (χ3v) is 4.77. The number of imidazole rings is 1. The molecule has 0 saturated carbocycles. The Hall–Kier alpha value is -2.93. The van der Waals surface area contributed by atoms with Gasteiger partial charge in [-0.1, -0.05) is 12.1 Å². The van der Waals surface area contributed by atoms with Crippen LogP contribution in [0.1, 0.15) is 34.6 Å². The SMILES string of the molecule is CC(NC(=O)c1cccc(Cn2cccn2)c1)c1cn2ccsc2n1. The number of hydrogen-bond donors (Lipinski definition) is 1. The zero-order chi connectivity index (χ0) is 17.2. The molecule has 1 unspecified atom stereocenters. The van der Waals surface area contributed by atoms with Crippen LogP contribution >= 0.6 is 11.3 Å². The Morgan fingerprint density at radius 1 is 1.32 bits per heavy atom. The number of carbonyl (C=O) groups is 1. The lowest BCUT2D eigenvalue weighted by Crippen LogP contribution is -2.27. The third kappa shape index (κ3) is 3.32. The first kappa shape index (κ1) is 15.6. The molecule has 1 atom stereocenters. The molecular weight excluding hydrogens is 334 g/mol. The van der Waals surface area contributed by atoms with Gasteiger partial charge in [-0.3, -0.25) is 13.9 Å². The average molecular weight is 351 g/mol. The van der Waals surface area contributed by atoms with Crippen LogP contribution < -0.4 is 5.32 Å². The van der Waals surface area contributed by atoms with Crippen LogP contribution in [0, 0.1) is 0 Å². The van der Waals surface area contributed by atoms with Crippen LogP contribution in [0.25, 0.3) is 4.96 Å². The normalized spacial score (nSPS) is 12.4. The summed E-state index contributed by atoms with van der Waals surface area (Å²) < 4.78 is 3.80. The maximum absolute atomic E-state index is 12.6. The van der Waals surface area contributed by atoms with Gasteiger partial charge in [0.1, 0.15) is 0 Å². The van der Waals surface area contributed by atoms with Crippen molar-refractivity contribution in [3.05, 3.63) is 77.3 Å². The monoisotopic (exact) mass is 351 g/mol. The summed E-state index contributed by atoms with van der Waals surface area (Å²) >= 11 is 1.58. The lowest BCUT2D eigenvalue weighted by atomic mass is 10.1. The summed E-state index contributed by atoms with van der Waals surface area (Å²) in [7, 11) is 0. The van der Waals surface area contributed by atoms with Crippen molar-refractivity contribution in [2.75, 3.05) is 0 Å². The molecule has 1 N–H and O–H groups in total. The van der Waals surface area contributed by atoms with Crippen LogP contribution in [0.2, 0.25) is 0 Å². The van der Waals surface area contributed by atoms with Gasteiger partial charge in [0.2, 0.25) is 0 Å². The highest BCUT2D eigenvalue weighted by molar-refractivity contribution is 7.15. The Kier molecular flexibility index (Phi) is 4.07. The number of rotatable bonds is 5. The number of aromatic nitrogens is 4. The number of fused-ring (bicyclic) bond motifs is 1. The smallest absolute Gasteiger partial charge is 0.251 e. The predicted octanol–water partition coefficient (Wildman–Crippen LogP) is 3.13. The zero-order valence-corrected chi connectivity index (χ0v) is 14.5. The van der Waals surface area contributed by atoms with E-state index in [1.807, 2.05) is 70.3 Å². The molecule has 0 spiro atoms. The molecule has 3 aromatic heterocycles. The highest BCUT2D eigenvalue weighted by atomic mass is 32.1. The Morgan fingerprint density at radius 2 is 2.24 bits per heavy atom. The molecule has 0 saturated heterocycles. The summed E-state index contributed by atoms with van der Waals surface area (Å²) in [6.45, 7) is 2.58. The minimum Gasteiger partial charge on any atom is -0.344 e. The van der Waals surface area contributed by atoms with Gasteiger partial charge in [0.25, 0.3) is 5.91 Å². The van der Waals surface area contributed by atoms with Crippen molar-refractivity contribution in [2.45, 2.75) is 19.5 Å². The molecule has 6 nitrogen and oxygen atoms in total. The van der Waals surface area contributed by atoms with E-state index in [0.29, 0.717) is 12.1 Å².